The van der Waals surface area contributed by atoms with E-state index >= 15 is 0 Å². The summed E-state index contributed by atoms with van der Waals surface area (Å²) in [7, 11) is -3.83. The van der Waals surface area contributed by atoms with Crippen LogP contribution in [0.25, 0.3) is 11.3 Å². The topological polar surface area (TPSA) is 88.4 Å². The standard InChI is InChI=1S/C31H39Cl2N5O3S/c1-20(2)31(19-37-17-26(34-35-37)24-9-6-10-25(32)28(24)33)12-8-13-36(18-31)30(39)27-11-7-14-38(27)42(40,41)29-22(4)15-21(3)16-23(29)5/h6,9-10,15-17,20,27H,7-8,11-14,18-19H2,1-5H3. The maximum absolute atomic E-state index is 14.1. The molecule has 3 aromatic rings. The first-order valence-corrected chi connectivity index (χ1v) is 16.8. The van der Waals surface area contributed by atoms with Crippen LogP contribution in [0.3, 0.4) is 0 Å². The summed E-state index contributed by atoms with van der Waals surface area (Å²) in [6, 6.07) is 8.52. The Balaban J connectivity index is 1.38. The SMILES string of the molecule is Cc1cc(C)c(S(=O)(=O)N2CCCC2C(=O)N2CCCC(Cn3cc(-c4cccc(Cl)c4Cl)nn3)(C(C)C)C2)c(C)c1. The molecule has 8 nitrogen and oxygen atoms in total. The number of benzene rings is 2. The van der Waals surface area contributed by atoms with E-state index in [4.69, 9.17) is 23.2 Å². The lowest BCUT2D eigenvalue weighted by Crippen LogP contribution is -2.55. The van der Waals surface area contributed by atoms with Gasteiger partial charge in [-0.15, -0.1) is 5.10 Å². The quantitative estimate of drug-likeness (QED) is 0.305. The number of piperidine rings is 1. The van der Waals surface area contributed by atoms with Gasteiger partial charge in [0, 0.05) is 30.6 Å². The molecule has 0 saturated carbocycles. The van der Waals surface area contributed by atoms with Gasteiger partial charge < -0.3 is 4.90 Å². The van der Waals surface area contributed by atoms with Gasteiger partial charge in [0.25, 0.3) is 0 Å². The van der Waals surface area contributed by atoms with E-state index < -0.39 is 16.1 Å². The summed E-state index contributed by atoms with van der Waals surface area (Å²) in [6.07, 6.45) is 4.83. The molecule has 1 aromatic heterocycles. The molecular formula is C31H39Cl2N5O3S. The maximum atomic E-state index is 14.1. The Bertz CT molecular complexity index is 1580. The molecule has 2 aliphatic rings. The van der Waals surface area contributed by atoms with E-state index in [-0.39, 0.29) is 17.2 Å². The van der Waals surface area contributed by atoms with Gasteiger partial charge in [-0.2, -0.15) is 4.31 Å². The minimum absolute atomic E-state index is 0.104. The second kappa shape index (κ2) is 11.9. The van der Waals surface area contributed by atoms with Crippen LogP contribution in [0, 0.1) is 32.1 Å². The number of amides is 1. The fourth-order valence-corrected chi connectivity index (χ4v) is 9.29. The molecule has 0 radical (unpaired) electrons. The summed E-state index contributed by atoms with van der Waals surface area (Å²) in [5.41, 5.74) is 3.56. The number of sulfonamides is 1. The normalized spacial score (nSPS) is 21.8. The number of likely N-dealkylation sites (tertiary alicyclic amines) is 1. The van der Waals surface area contributed by atoms with Crippen LogP contribution in [0.2, 0.25) is 10.0 Å². The first-order chi connectivity index (χ1) is 19.8. The van der Waals surface area contributed by atoms with Crippen LogP contribution in [0.15, 0.2) is 41.4 Å². The number of hydrogen-bond acceptors (Lipinski definition) is 5. The largest absolute Gasteiger partial charge is 0.341 e. The first-order valence-electron chi connectivity index (χ1n) is 14.6. The predicted molar refractivity (Wildman–Crippen MR) is 166 cm³/mol. The van der Waals surface area contributed by atoms with E-state index in [1.165, 1.54) is 4.31 Å². The van der Waals surface area contributed by atoms with E-state index in [9.17, 15) is 13.2 Å². The molecule has 2 aromatic carbocycles. The van der Waals surface area contributed by atoms with Crippen molar-refractivity contribution in [3.63, 3.8) is 0 Å². The van der Waals surface area contributed by atoms with Gasteiger partial charge in [-0.05, 0) is 69.6 Å². The number of nitrogens with zero attached hydrogens (tertiary/aromatic N) is 5. The lowest BCUT2D eigenvalue weighted by Gasteiger charge is -2.46. The fraction of sp³-hybridized carbons (Fsp3) is 0.516. The molecule has 0 aliphatic carbocycles. The highest BCUT2D eigenvalue weighted by molar-refractivity contribution is 7.89. The van der Waals surface area contributed by atoms with Gasteiger partial charge in [0.15, 0.2) is 0 Å². The molecular weight excluding hydrogens is 593 g/mol. The van der Waals surface area contributed by atoms with Crippen LogP contribution in [0.1, 0.15) is 56.2 Å². The Morgan fingerprint density at radius 2 is 1.81 bits per heavy atom. The van der Waals surface area contributed by atoms with Gasteiger partial charge in [-0.1, -0.05) is 72.1 Å². The first kappa shape index (κ1) is 31.0. The summed E-state index contributed by atoms with van der Waals surface area (Å²) in [5, 5.41) is 9.66. The van der Waals surface area contributed by atoms with Crippen molar-refractivity contribution in [1.82, 2.24) is 24.2 Å². The summed E-state index contributed by atoms with van der Waals surface area (Å²) >= 11 is 12.6. The summed E-state index contributed by atoms with van der Waals surface area (Å²) in [6.45, 7) is 12.0. The third-order valence-corrected chi connectivity index (χ3v) is 12.1. The van der Waals surface area contributed by atoms with Gasteiger partial charge in [-0.3, -0.25) is 9.48 Å². The highest BCUT2D eigenvalue weighted by atomic mass is 35.5. The van der Waals surface area contributed by atoms with E-state index in [1.54, 1.807) is 6.07 Å². The van der Waals surface area contributed by atoms with Gasteiger partial charge in [0.1, 0.15) is 11.7 Å². The molecule has 226 valence electrons. The Hall–Kier alpha value is -2.46. The van der Waals surface area contributed by atoms with Crippen LogP contribution < -0.4 is 0 Å². The summed E-state index contributed by atoms with van der Waals surface area (Å²) in [5.74, 6) is 0.144. The smallest absolute Gasteiger partial charge is 0.244 e. The molecule has 1 amide bonds. The Labute approximate surface area is 259 Å². The van der Waals surface area contributed by atoms with Crippen LogP contribution in [-0.4, -0.2) is 64.2 Å². The lowest BCUT2D eigenvalue weighted by molar-refractivity contribution is -0.139. The zero-order valence-electron chi connectivity index (χ0n) is 24.9. The van der Waals surface area contributed by atoms with Gasteiger partial charge in [0.2, 0.25) is 15.9 Å². The van der Waals surface area contributed by atoms with E-state index in [0.29, 0.717) is 70.8 Å². The molecule has 2 unspecified atom stereocenters. The molecule has 3 heterocycles. The number of rotatable bonds is 7. The second-order valence-electron chi connectivity index (χ2n) is 12.3. The number of carbonyl (C=O) groups is 1. The van der Waals surface area contributed by atoms with Crippen LogP contribution >= 0.6 is 23.2 Å². The monoisotopic (exact) mass is 631 g/mol. The third kappa shape index (κ3) is 5.73. The van der Waals surface area contributed by atoms with Crippen molar-refractivity contribution in [2.24, 2.45) is 11.3 Å². The van der Waals surface area contributed by atoms with Crippen molar-refractivity contribution in [1.29, 1.82) is 0 Å². The van der Waals surface area contributed by atoms with E-state index in [0.717, 1.165) is 24.0 Å². The van der Waals surface area contributed by atoms with Crippen molar-refractivity contribution in [2.75, 3.05) is 19.6 Å². The van der Waals surface area contributed by atoms with Crippen LogP contribution in [-0.2, 0) is 21.4 Å². The van der Waals surface area contributed by atoms with Gasteiger partial charge >= 0.3 is 0 Å². The molecule has 2 fully saturated rings. The number of hydrogen-bond donors (Lipinski definition) is 0. The molecule has 2 aliphatic heterocycles. The van der Waals surface area contributed by atoms with Gasteiger partial charge in [0.05, 0.1) is 27.7 Å². The lowest BCUT2D eigenvalue weighted by atomic mass is 9.71. The summed E-state index contributed by atoms with van der Waals surface area (Å²) in [4.78, 5) is 16.3. The highest BCUT2D eigenvalue weighted by Gasteiger charge is 2.46. The van der Waals surface area contributed by atoms with Crippen LogP contribution in [0.4, 0.5) is 0 Å². The minimum Gasteiger partial charge on any atom is -0.341 e. The second-order valence-corrected chi connectivity index (χ2v) is 14.9. The zero-order chi connectivity index (χ0) is 30.4. The number of halogens is 2. The number of aryl methyl sites for hydroxylation is 3. The van der Waals surface area contributed by atoms with E-state index in [1.807, 2.05) is 60.8 Å². The molecule has 0 spiro atoms. The van der Waals surface area contributed by atoms with Crippen molar-refractivity contribution in [3.8, 4) is 11.3 Å². The number of carbonyl (C=O) groups excluding carboxylic acids is 1. The number of aromatic nitrogens is 3. The molecule has 42 heavy (non-hydrogen) atoms. The average Bonchev–Trinajstić information content (AvgIpc) is 3.60. The molecule has 0 bridgehead atoms. The van der Waals surface area contributed by atoms with Crippen molar-refractivity contribution in [2.45, 2.75) is 77.8 Å². The molecule has 2 atom stereocenters. The molecule has 11 heteroatoms. The van der Waals surface area contributed by atoms with Crippen molar-refractivity contribution >= 4 is 39.1 Å². The molecule has 0 N–H and O–H groups in total. The fourth-order valence-electron chi connectivity index (χ4n) is 6.83. The Morgan fingerprint density at radius 3 is 2.50 bits per heavy atom. The van der Waals surface area contributed by atoms with Crippen molar-refractivity contribution < 1.29 is 13.2 Å². The molecule has 5 rings (SSSR count). The van der Waals surface area contributed by atoms with E-state index in [2.05, 4.69) is 24.2 Å². The van der Waals surface area contributed by atoms with Crippen molar-refractivity contribution in [3.05, 3.63) is 63.3 Å². The highest BCUT2D eigenvalue weighted by Crippen LogP contribution is 2.41. The average molecular weight is 633 g/mol. The third-order valence-electron chi connectivity index (χ3n) is 9.05. The maximum Gasteiger partial charge on any atom is 0.244 e. The van der Waals surface area contributed by atoms with Crippen LogP contribution in [0.5, 0.6) is 0 Å². The Morgan fingerprint density at radius 1 is 1.10 bits per heavy atom. The summed E-state index contributed by atoms with van der Waals surface area (Å²) < 4.78 is 31.2. The minimum atomic E-state index is -3.83. The Kier molecular flexibility index (Phi) is 8.78. The molecule has 2 saturated heterocycles. The van der Waals surface area contributed by atoms with Gasteiger partial charge in [-0.25, -0.2) is 8.42 Å². The predicted octanol–water partition coefficient (Wildman–Crippen LogP) is 6.30. The zero-order valence-corrected chi connectivity index (χ0v) is 27.2.